The van der Waals surface area contributed by atoms with Crippen molar-refractivity contribution in [3.05, 3.63) is 18.2 Å². The summed E-state index contributed by atoms with van der Waals surface area (Å²) in [5, 5.41) is 11.7. The van der Waals surface area contributed by atoms with E-state index < -0.39 is 26.0 Å². The van der Waals surface area contributed by atoms with E-state index in [0.29, 0.717) is 0 Å². The van der Waals surface area contributed by atoms with Gasteiger partial charge >= 0.3 is 123 Å². The Bertz CT molecular complexity index is 587. The Morgan fingerprint density at radius 1 is 1.38 bits per heavy atom. The number of carbonyl (C=O) groups is 2. The molecule has 0 aliphatic heterocycles. The number of ether oxygens (including phenoxy) is 1. The Morgan fingerprint density at radius 3 is 2.62 bits per heavy atom. The number of methoxy groups -OCH3 is 1. The standard InChI is InChI=1S/C12H16AsNO7/c1-8(15)14-11-7-9(16)3-4-10(11)13(18,19)21-12(17)5-6-20-2/h3-4,7,16H,5-6H2,1-2H3,(H,14,15)(H,18,19). The fourth-order valence-corrected chi connectivity index (χ4v) is 3.90. The van der Waals surface area contributed by atoms with Crippen LogP contribution in [0.15, 0.2) is 18.2 Å². The van der Waals surface area contributed by atoms with Gasteiger partial charge in [0.2, 0.25) is 0 Å². The zero-order valence-electron chi connectivity index (χ0n) is 11.5. The van der Waals surface area contributed by atoms with Gasteiger partial charge in [-0.2, -0.15) is 0 Å². The summed E-state index contributed by atoms with van der Waals surface area (Å²) < 4.78 is 31.2. The monoisotopic (exact) mass is 361 g/mol. The summed E-state index contributed by atoms with van der Waals surface area (Å²) >= 11 is -5.19. The van der Waals surface area contributed by atoms with E-state index in [-0.39, 0.29) is 28.8 Å². The van der Waals surface area contributed by atoms with Gasteiger partial charge in [-0.25, -0.2) is 0 Å². The molecular formula is C12H16AsNO7. The third kappa shape index (κ3) is 5.26. The normalized spacial score (nSPS) is 13.3. The molecular weight excluding hydrogens is 345 g/mol. The number of hydrogen-bond acceptors (Lipinski definition) is 6. The first kappa shape index (κ1) is 17.3. The molecule has 116 valence electrons. The van der Waals surface area contributed by atoms with Crippen molar-refractivity contribution in [2.24, 2.45) is 0 Å². The number of anilines is 1. The van der Waals surface area contributed by atoms with E-state index in [4.69, 9.17) is 0 Å². The van der Waals surface area contributed by atoms with Crippen LogP contribution in [0.3, 0.4) is 0 Å². The van der Waals surface area contributed by atoms with Crippen molar-refractivity contribution in [1.29, 1.82) is 0 Å². The summed E-state index contributed by atoms with van der Waals surface area (Å²) in [6.07, 6.45) is -0.171. The zero-order valence-corrected chi connectivity index (χ0v) is 13.4. The number of benzene rings is 1. The topological polar surface area (TPSA) is 122 Å². The zero-order chi connectivity index (χ0) is 16.0. The minimum atomic E-state index is -5.19. The number of amides is 1. The summed E-state index contributed by atoms with van der Waals surface area (Å²) in [4.78, 5) is 22.5. The Hall–Kier alpha value is -1.76. The molecule has 0 saturated carbocycles. The number of phenolic OH excluding ortho intramolecular Hbond substituents is 1. The molecule has 8 nitrogen and oxygen atoms in total. The van der Waals surface area contributed by atoms with E-state index in [1.165, 1.54) is 14.0 Å². The van der Waals surface area contributed by atoms with E-state index >= 15 is 0 Å². The predicted octanol–water partition coefficient (Wildman–Crippen LogP) is -0.501. The van der Waals surface area contributed by atoms with Gasteiger partial charge in [-0.3, -0.25) is 0 Å². The van der Waals surface area contributed by atoms with Gasteiger partial charge in [-0.05, 0) is 0 Å². The van der Waals surface area contributed by atoms with Crippen LogP contribution >= 0.6 is 0 Å². The summed E-state index contributed by atoms with van der Waals surface area (Å²) in [6.45, 7) is 1.26. The number of phenols is 1. The Labute approximate surface area is 124 Å². The molecule has 0 aliphatic rings. The van der Waals surface area contributed by atoms with Gasteiger partial charge in [0.1, 0.15) is 0 Å². The number of nitrogens with one attached hydrogen (secondary N) is 1. The molecule has 0 saturated heterocycles. The molecule has 0 heterocycles. The summed E-state index contributed by atoms with van der Waals surface area (Å²) in [6, 6.07) is 3.39. The minimum absolute atomic E-state index is 0.0583. The Balaban J connectivity index is 3.04. The van der Waals surface area contributed by atoms with Crippen molar-refractivity contribution in [1.82, 2.24) is 0 Å². The number of carbonyl (C=O) groups excluding carboxylic acids is 2. The van der Waals surface area contributed by atoms with Gasteiger partial charge in [0.05, 0.1) is 0 Å². The van der Waals surface area contributed by atoms with Crippen LogP contribution in [0.1, 0.15) is 13.3 Å². The van der Waals surface area contributed by atoms with Crippen LogP contribution in [0.4, 0.5) is 5.69 Å². The molecule has 1 aromatic carbocycles. The Morgan fingerprint density at radius 2 is 2.05 bits per heavy atom. The average Bonchev–Trinajstić information content (AvgIpc) is 2.34. The SMILES string of the molecule is COCCC(=O)O[As](=O)(O)c1ccc(O)cc1NC(C)=O. The molecule has 0 spiro atoms. The number of aromatic hydroxyl groups is 1. The van der Waals surface area contributed by atoms with Gasteiger partial charge in [-0.1, -0.05) is 0 Å². The summed E-state index contributed by atoms with van der Waals surface area (Å²) in [7, 11) is 1.38. The first-order valence-corrected chi connectivity index (χ1v) is 9.22. The van der Waals surface area contributed by atoms with Crippen LogP contribution in [0.25, 0.3) is 0 Å². The van der Waals surface area contributed by atoms with E-state index in [2.05, 4.69) is 13.8 Å². The average molecular weight is 361 g/mol. The van der Waals surface area contributed by atoms with E-state index in [1.54, 1.807) is 0 Å². The second-order valence-corrected chi connectivity index (χ2v) is 7.69. The van der Waals surface area contributed by atoms with Crippen LogP contribution in [-0.4, -0.2) is 49.0 Å². The second-order valence-electron chi connectivity index (χ2n) is 4.11. The molecule has 0 bridgehead atoms. The molecule has 0 aliphatic carbocycles. The quantitative estimate of drug-likeness (QED) is 0.584. The molecule has 1 rings (SSSR count). The number of rotatable bonds is 6. The van der Waals surface area contributed by atoms with E-state index in [0.717, 1.165) is 18.2 Å². The van der Waals surface area contributed by atoms with Gasteiger partial charge in [0.25, 0.3) is 0 Å². The number of hydrogen-bond donors (Lipinski definition) is 3. The fourth-order valence-electron chi connectivity index (χ4n) is 1.48. The van der Waals surface area contributed by atoms with E-state index in [9.17, 15) is 22.5 Å². The molecule has 0 aromatic heterocycles. The molecule has 3 N–H and O–H groups in total. The van der Waals surface area contributed by atoms with Gasteiger partial charge in [-0.15, -0.1) is 0 Å². The molecule has 21 heavy (non-hydrogen) atoms. The molecule has 0 fully saturated rings. The van der Waals surface area contributed by atoms with Crippen molar-refractivity contribution >= 4 is 36.1 Å². The first-order chi connectivity index (χ1) is 9.76. The second kappa shape index (κ2) is 7.30. The van der Waals surface area contributed by atoms with Gasteiger partial charge < -0.3 is 0 Å². The molecule has 1 unspecified atom stereocenters. The van der Waals surface area contributed by atoms with Crippen LogP contribution < -0.4 is 9.67 Å². The third-order valence-corrected chi connectivity index (χ3v) is 5.37. The molecule has 1 aromatic rings. The first-order valence-electron chi connectivity index (χ1n) is 5.91. The van der Waals surface area contributed by atoms with Crippen molar-refractivity contribution in [2.45, 2.75) is 13.3 Å². The van der Waals surface area contributed by atoms with Crippen molar-refractivity contribution in [3.63, 3.8) is 0 Å². The summed E-state index contributed by atoms with van der Waals surface area (Å²) in [5.74, 6) is -1.59. The van der Waals surface area contributed by atoms with Crippen molar-refractivity contribution in [3.8, 4) is 5.75 Å². The molecule has 0 radical (unpaired) electrons. The Kier molecular flexibility index (Phi) is 6.01. The van der Waals surface area contributed by atoms with E-state index in [1.807, 2.05) is 0 Å². The van der Waals surface area contributed by atoms with Crippen LogP contribution in [0.2, 0.25) is 0 Å². The van der Waals surface area contributed by atoms with Crippen LogP contribution in [0.5, 0.6) is 5.75 Å². The third-order valence-electron chi connectivity index (χ3n) is 2.33. The molecule has 1 atom stereocenters. The maximum absolute atomic E-state index is 12.2. The van der Waals surface area contributed by atoms with Crippen molar-refractivity contribution < 1.29 is 31.0 Å². The molecule has 9 heteroatoms. The van der Waals surface area contributed by atoms with Crippen LogP contribution in [-0.2, 0) is 21.8 Å². The summed E-state index contributed by atoms with van der Waals surface area (Å²) in [5.41, 5.74) is -0.0768. The van der Waals surface area contributed by atoms with Gasteiger partial charge in [0.15, 0.2) is 0 Å². The predicted molar refractivity (Wildman–Crippen MR) is 73.3 cm³/mol. The van der Waals surface area contributed by atoms with Crippen LogP contribution in [0, 0.1) is 0 Å². The fraction of sp³-hybridized carbons (Fsp3) is 0.333. The van der Waals surface area contributed by atoms with Crippen molar-refractivity contribution in [2.75, 3.05) is 19.0 Å². The van der Waals surface area contributed by atoms with Gasteiger partial charge in [0, 0.05) is 0 Å². The maximum atomic E-state index is 12.2. The molecule has 1 amide bonds.